The number of methoxy groups -OCH3 is 1. The maximum absolute atomic E-state index is 5.90. The van der Waals surface area contributed by atoms with Gasteiger partial charge in [0.2, 0.25) is 5.88 Å². The van der Waals surface area contributed by atoms with E-state index in [1.54, 1.807) is 13.2 Å². The van der Waals surface area contributed by atoms with Gasteiger partial charge in [0.15, 0.2) is 0 Å². The number of halogens is 1. The predicted octanol–water partition coefficient (Wildman–Crippen LogP) is 1.95. The molecular weight excluding hydrogens is 272 g/mol. The maximum Gasteiger partial charge on any atom is 0.216 e. The van der Waals surface area contributed by atoms with Gasteiger partial charge in [0, 0.05) is 17.4 Å². The van der Waals surface area contributed by atoms with Crippen LogP contribution in [-0.4, -0.2) is 17.1 Å². The summed E-state index contributed by atoms with van der Waals surface area (Å²) in [7, 11) is 1.57. The first kappa shape index (κ1) is 13.2. The van der Waals surface area contributed by atoms with Crippen molar-refractivity contribution < 1.29 is 4.74 Å². The van der Waals surface area contributed by atoms with Gasteiger partial charge in [0.05, 0.1) is 23.2 Å². The van der Waals surface area contributed by atoms with E-state index < -0.39 is 0 Å². The Morgan fingerprint density at radius 3 is 2.94 bits per heavy atom. The highest BCUT2D eigenvalue weighted by molar-refractivity contribution is 7.16. The molecular formula is C11H13ClN4OS. The molecule has 2 rings (SSSR count). The summed E-state index contributed by atoms with van der Waals surface area (Å²) in [5.41, 5.74) is 3.53. The maximum atomic E-state index is 5.90. The largest absolute Gasteiger partial charge is 0.481 e. The normalized spacial score (nSPS) is 12.4. The summed E-state index contributed by atoms with van der Waals surface area (Å²) < 4.78 is 5.83. The van der Waals surface area contributed by atoms with Gasteiger partial charge in [-0.25, -0.2) is 9.97 Å². The van der Waals surface area contributed by atoms with Crippen LogP contribution in [0.3, 0.4) is 0 Å². The number of rotatable bonds is 5. The van der Waals surface area contributed by atoms with E-state index in [2.05, 4.69) is 15.4 Å². The number of nitrogens with zero attached hydrogens (tertiary/aromatic N) is 2. The minimum absolute atomic E-state index is 0.100. The third kappa shape index (κ3) is 3.17. The summed E-state index contributed by atoms with van der Waals surface area (Å²) >= 11 is 7.43. The Morgan fingerprint density at radius 2 is 2.33 bits per heavy atom. The number of thiophene rings is 1. The molecule has 0 fully saturated rings. The van der Waals surface area contributed by atoms with E-state index in [9.17, 15) is 0 Å². The third-order valence-electron chi connectivity index (χ3n) is 2.46. The quantitative estimate of drug-likeness (QED) is 0.648. The molecule has 0 bridgehead atoms. The molecule has 2 aromatic heterocycles. The molecule has 5 nitrogen and oxygen atoms in total. The van der Waals surface area contributed by atoms with E-state index in [1.165, 1.54) is 17.7 Å². The molecule has 0 saturated heterocycles. The molecule has 0 saturated carbocycles. The van der Waals surface area contributed by atoms with Crippen LogP contribution in [0.1, 0.15) is 16.6 Å². The fourth-order valence-corrected chi connectivity index (χ4v) is 2.70. The first-order valence-corrected chi connectivity index (χ1v) is 6.48. The summed E-state index contributed by atoms with van der Waals surface area (Å²) in [6.45, 7) is 0. The minimum Gasteiger partial charge on any atom is -0.481 e. The molecule has 0 aliphatic heterocycles. The number of hydrazine groups is 1. The van der Waals surface area contributed by atoms with Crippen molar-refractivity contribution in [3.8, 4) is 5.88 Å². The lowest BCUT2D eigenvalue weighted by atomic mass is 10.1. The fraction of sp³-hybridized carbons (Fsp3) is 0.273. The second-order valence-electron chi connectivity index (χ2n) is 3.61. The number of nitrogens with one attached hydrogen (secondary N) is 1. The highest BCUT2D eigenvalue weighted by Crippen LogP contribution is 2.26. The third-order valence-corrected chi connectivity index (χ3v) is 3.72. The van der Waals surface area contributed by atoms with Crippen molar-refractivity contribution >= 4 is 22.9 Å². The molecule has 1 unspecified atom stereocenters. The van der Waals surface area contributed by atoms with Crippen molar-refractivity contribution in [2.45, 2.75) is 12.5 Å². The van der Waals surface area contributed by atoms with Crippen LogP contribution < -0.4 is 16.0 Å². The lowest BCUT2D eigenvalue weighted by molar-refractivity contribution is 0.394. The lowest BCUT2D eigenvalue weighted by Crippen LogP contribution is -2.30. The topological polar surface area (TPSA) is 73.1 Å². The molecule has 0 aliphatic carbocycles. The van der Waals surface area contributed by atoms with Crippen molar-refractivity contribution in [1.29, 1.82) is 0 Å². The zero-order valence-electron chi connectivity index (χ0n) is 9.76. The van der Waals surface area contributed by atoms with E-state index >= 15 is 0 Å². The summed E-state index contributed by atoms with van der Waals surface area (Å²) in [5, 5.41) is 0. The molecule has 0 amide bonds. The molecule has 2 aromatic rings. The van der Waals surface area contributed by atoms with E-state index in [-0.39, 0.29) is 6.04 Å². The molecule has 96 valence electrons. The van der Waals surface area contributed by atoms with Gasteiger partial charge in [-0.3, -0.25) is 11.3 Å². The number of hydrogen-bond acceptors (Lipinski definition) is 6. The van der Waals surface area contributed by atoms with Gasteiger partial charge in [0.1, 0.15) is 6.33 Å². The molecule has 0 spiro atoms. The summed E-state index contributed by atoms with van der Waals surface area (Å²) in [6.07, 6.45) is 2.17. The Morgan fingerprint density at radius 1 is 1.50 bits per heavy atom. The predicted molar refractivity (Wildman–Crippen MR) is 71.7 cm³/mol. The molecule has 1 atom stereocenters. The average molecular weight is 285 g/mol. The molecule has 2 heterocycles. The number of nitrogens with two attached hydrogens (primary N) is 1. The average Bonchev–Trinajstić information content (AvgIpc) is 2.81. The Hall–Kier alpha value is -1.21. The summed E-state index contributed by atoms with van der Waals surface area (Å²) in [6, 6.07) is 5.52. The highest BCUT2D eigenvalue weighted by atomic mass is 35.5. The zero-order valence-corrected chi connectivity index (χ0v) is 11.3. The van der Waals surface area contributed by atoms with E-state index in [0.717, 1.165) is 14.9 Å². The van der Waals surface area contributed by atoms with Crippen LogP contribution in [0.25, 0.3) is 0 Å². The number of ether oxygens (including phenoxy) is 1. The molecule has 3 N–H and O–H groups in total. The minimum atomic E-state index is -0.100. The number of aromatic nitrogens is 2. The van der Waals surface area contributed by atoms with Gasteiger partial charge in [-0.05, 0) is 12.1 Å². The van der Waals surface area contributed by atoms with E-state index in [4.69, 9.17) is 22.2 Å². The van der Waals surface area contributed by atoms with Gasteiger partial charge in [-0.1, -0.05) is 11.6 Å². The van der Waals surface area contributed by atoms with Crippen LogP contribution >= 0.6 is 22.9 Å². The van der Waals surface area contributed by atoms with Gasteiger partial charge >= 0.3 is 0 Å². The van der Waals surface area contributed by atoms with Crippen molar-refractivity contribution in [1.82, 2.24) is 15.4 Å². The molecule has 0 aromatic carbocycles. The lowest BCUT2D eigenvalue weighted by Gasteiger charge is -2.14. The number of hydrogen-bond donors (Lipinski definition) is 2. The van der Waals surface area contributed by atoms with Crippen LogP contribution in [-0.2, 0) is 6.42 Å². The van der Waals surface area contributed by atoms with Crippen molar-refractivity contribution in [3.05, 3.63) is 39.4 Å². The van der Waals surface area contributed by atoms with Crippen LogP contribution in [0.5, 0.6) is 5.88 Å². The van der Waals surface area contributed by atoms with Crippen LogP contribution in [0.15, 0.2) is 24.5 Å². The van der Waals surface area contributed by atoms with Crippen molar-refractivity contribution in [2.24, 2.45) is 5.84 Å². The Bertz CT molecular complexity index is 519. The SMILES string of the molecule is COc1cc(C(Cc2ccc(Cl)s2)NN)ncn1. The van der Waals surface area contributed by atoms with Crippen molar-refractivity contribution in [2.75, 3.05) is 7.11 Å². The molecule has 0 aliphatic rings. The van der Waals surface area contributed by atoms with Gasteiger partial charge in [-0.15, -0.1) is 11.3 Å². The first-order chi connectivity index (χ1) is 8.72. The molecule has 18 heavy (non-hydrogen) atoms. The second kappa shape index (κ2) is 6.10. The monoisotopic (exact) mass is 284 g/mol. The summed E-state index contributed by atoms with van der Waals surface area (Å²) in [4.78, 5) is 9.30. The second-order valence-corrected chi connectivity index (χ2v) is 5.41. The van der Waals surface area contributed by atoms with E-state index in [0.29, 0.717) is 12.3 Å². The molecule has 7 heteroatoms. The van der Waals surface area contributed by atoms with E-state index in [1.807, 2.05) is 12.1 Å². The van der Waals surface area contributed by atoms with Crippen molar-refractivity contribution in [3.63, 3.8) is 0 Å². The van der Waals surface area contributed by atoms with Crippen LogP contribution in [0, 0.1) is 0 Å². The van der Waals surface area contributed by atoms with Crippen LogP contribution in [0.4, 0.5) is 0 Å². The van der Waals surface area contributed by atoms with Gasteiger partial charge < -0.3 is 4.74 Å². The Balaban J connectivity index is 2.17. The Kier molecular flexibility index (Phi) is 4.48. The van der Waals surface area contributed by atoms with Crippen LogP contribution in [0.2, 0.25) is 4.34 Å². The van der Waals surface area contributed by atoms with Gasteiger partial charge in [-0.2, -0.15) is 0 Å². The summed E-state index contributed by atoms with van der Waals surface area (Å²) in [5.74, 6) is 6.09. The highest BCUT2D eigenvalue weighted by Gasteiger charge is 2.14. The van der Waals surface area contributed by atoms with Gasteiger partial charge in [0.25, 0.3) is 0 Å². The Labute approximate surface area is 114 Å². The molecule has 0 radical (unpaired) electrons. The fourth-order valence-electron chi connectivity index (χ4n) is 1.57. The first-order valence-electron chi connectivity index (χ1n) is 5.29. The smallest absolute Gasteiger partial charge is 0.216 e. The zero-order chi connectivity index (χ0) is 13.0. The standard InChI is InChI=1S/C11H13ClN4OS/c1-17-11-5-8(14-6-15-11)9(16-13)4-7-2-3-10(12)18-7/h2-3,5-6,9,16H,4,13H2,1H3.